The first-order chi connectivity index (χ1) is 12.0. The summed E-state index contributed by atoms with van der Waals surface area (Å²) >= 11 is 6.10. The van der Waals surface area contributed by atoms with Crippen LogP contribution in [0.25, 0.3) is 11.3 Å². The van der Waals surface area contributed by atoms with Crippen LogP contribution < -0.4 is 4.72 Å². The van der Waals surface area contributed by atoms with Crippen molar-refractivity contribution in [3.63, 3.8) is 0 Å². The van der Waals surface area contributed by atoms with Crippen LogP contribution in [0, 0.1) is 5.92 Å². The number of hydrogen-bond acceptors (Lipinski definition) is 6. The molecule has 1 aromatic heterocycles. The Bertz CT molecular complexity index is 859. The Morgan fingerprint density at radius 3 is 2.72 bits per heavy atom. The zero-order valence-electron chi connectivity index (χ0n) is 13.3. The SMILES string of the molecule is O=C(NS(=O)(=O)CC1CCOCC1)c1ncoc1-c1ccccc1Cl. The molecule has 25 heavy (non-hydrogen) atoms. The summed E-state index contributed by atoms with van der Waals surface area (Å²) in [5.74, 6) is -0.860. The molecule has 0 bridgehead atoms. The van der Waals surface area contributed by atoms with Gasteiger partial charge in [0, 0.05) is 18.8 Å². The number of sulfonamides is 1. The number of nitrogens with one attached hydrogen (secondary N) is 1. The summed E-state index contributed by atoms with van der Waals surface area (Å²) in [7, 11) is -3.79. The highest BCUT2D eigenvalue weighted by molar-refractivity contribution is 7.90. The lowest BCUT2D eigenvalue weighted by Gasteiger charge is -2.21. The maximum Gasteiger partial charge on any atom is 0.287 e. The van der Waals surface area contributed by atoms with Crippen molar-refractivity contribution in [1.82, 2.24) is 9.71 Å². The van der Waals surface area contributed by atoms with Gasteiger partial charge < -0.3 is 9.15 Å². The average Bonchev–Trinajstić information content (AvgIpc) is 3.05. The van der Waals surface area contributed by atoms with Crippen LogP contribution in [0.5, 0.6) is 0 Å². The summed E-state index contributed by atoms with van der Waals surface area (Å²) in [6.07, 6.45) is 2.40. The average molecular weight is 385 g/mol. The van der Waals surface area contributed by atoms with Crippen molar-refractivity contribution in [2.24, 2.45) is 5.92 Å². The topological polar surface area (TPSA) is 98.5 Å². The van der Waals surface area contributed by atoms with E-state index in [1.807, 2.05) is 0 Å². The van der Waals surface area contributed by atoms with Gasteiger partial charge in [0.1, 0.15) is 0 Å². The Morgan fingerprint density at radius 1 is 1.28 bits per heavy atom. The van der Waals surface area contributed by atoms with Crippen LogP contribution in [0.2, 0.25) is 5.02 Å². The van der Waals surface area contributed by atoms with Crippen LogP contribution in [-0.4, -0.2) is 38.3 Å². The molecule has 1 N–H and O–H groups in total. The first kappa shape index (κ1) is 17.9. The predicted octanol–water partition coefficient (Wildman–Crippen LogP) is 2.48. The zero-order valence-corrected chi connectivity index (χ0v) is 14.8. The third-order valence-electron chi connectivity index (χ3n) is 3.95. The minimum atomic E-state index is -3.79. The Labute approximate surface area is 150 Å². The molecular weight excluding hydrogens is 368 g/mol. The molecule has 0 atom stereocenters. The van der Waals surface area contributed by atoms with Crippen molar-refractivity contribution in [1.29, 1.82) is 0 Å². The van der Waals surface area contributed by atoms with Crippen molar-refractivity contribution >= 4 is 27.5 Å². The molecule has 0 saturated carbocycles. The third-order valence-corrected chi connectivity index (χ3v) is 5.68. The highest BCUT2D eigenvalue weighted by Crippen LogP contribution is 2.30. The number of hydrogen-bond donors (Lipinski definition) is 1. The highest BCUT2D eigenvalue weighted by Gasteiger charge is 2.27. The van der Waals surface area contributed by atoms with Gasteiger partial charge in [-0.3, -0.25) is 4.79 Å². The van der Waals surface area contributed by atoms with Crippen molar-refractivity contribution < 1.29 is 22.4 Å². The Hall–Kier alpha value is -1.90. The molecule has 1 aliphatic heterocycles. The number of benzene rings is 1. The quantitative estimate of drug-likeness (QED) is 0.850. The fourth-order valence-corrected chi connectivity index (χ4v) is 4.34. The lowest BCUT2D eigenvalue weighted by molar-refractivity contribution is 0.0722. The fraction of sp³-hybridized carbons (Fsp3) is 0.375. The second kappa shape index (κ2) is 7.55. The van der Waals surface area contributed by atoms with Gasteiger partial charge >= 0.3 is 0 Å². The van der Waals surface area contributed by atoms with Crippen LogP contribution in [0.3, 0.4) is 0 Å². The Morgan fingerprint density at radius 2 is 2.00 bits per heavy atom. The summed E-state index contributed by atoms with van der Waals surface area (Å²) < 4.78 is 37.0. The van der Waals surface area contributed by atoms with E-state index in [4.69, 9.17) is 20.8 Å². The second-order valence-electron chi connectivity index (χ2n) is 5.78. The highest BCUT2D eigenvalue weighted by atomic mass is 35.5. The van der Waals surface area contributed by atoms with Crippen LogP contribution in [0.15, 0.2) is 35.1 Å². The molecule has 9 heteroatoms. The second-order valence-corrected chi connectivity index (χ2v) is 7.95. The van der Waals surface area contributed by atoms with Gasteiger partial charge in [-0.2, -0.15) is 0 Å². The lowest BCUT2D eigenvalue weighted by atomic mass is 10.0. The maximum absolute atomic E-state index is 12.4. The summed E-state index contributed by atoms with van der Waals surface area (Å²) in [6.45, 7) is 1.07. The molecule has 1 amide bonds. The van der Waals surface area contributed by atoms with E-state index in [-0.39, 0.29) is 23.1 Å². The molecule has 1 fully saturated rings. The van der Waals surface area contributed by atoms with E-state index in [9.17, 15) is 13.2 Å². The summed E-state index contributed by atoms with van der Waals surface area (Å²) in [6, 6.07) is 6.77. The fourth-order valence-electron chi connectivity index (χ4n) is 2.70. The van der Waals surface area contributed by atoms with E-state index in [2.05, 4.69) is 9.71 Å². The van der Waals surface area contributed by atoms with Crippen molar-refractivity contribution in [2.45, 2.75) is 12.8 Å². The normalized spacial score (nSPS) is 15.9. The molecule has 0 aliphatic carbocycles. The van der Waals surface area contributed by atoms with Gasteiger partial charge in [-0.15, -0.1) is 0 Å². The van der Waals surface area contributed by atoms with Gasteiger partial charge in [0.05, 0.1) is 10.8 Å². The number of rotatable bonds is 5. The van der Waals surface area contributed by atoms with Crippen LogP contribution in [0.4, 0.5) is 0 Å². The minimum absolute atomic E-state index is 0.0283. The third kappa shape index (κ3) is 4.39. The lowest BCUT2D eigenvalue weighted by Crippen LogP contribution is -2.36. The Balaban J connectivity index is 1.76. The largest absolute Gasteiger partial charge is 0.443 e. The first-order valence-corrected chi connectivity index (χ1v) is 9.80. The molecule has 1 aliphatic rings. The molecule has 0 radical (unpaired) electrons. The van der Waals surface area contributed by atoms with E-state index >= 15 is 0 Å². The molecule has 1 aromatic carbocycles. The number of carbonyl (C=O) groups excluding carboxylic acids is 1. The molecule has 2 heterocycles. The summed E-state index contributed by atoms with van der Waals surface area (Å²) in [4.78, 5) is 16.2. The number of nitrogens with zero attached hydrogens (tertiary/aromatic N) is 1. The standard InChI is InChI=1S/C16H17ClN2O5S/c17-13-4-2-1-3-12(13)15-14(18-10-24-15)16(20)19-25(21,22)9-11-5-7-23-8-6-11/h1-4,10-11H,5-9H2,(H,19,20). The number of amides is 1. The first-order valence-electron chi connectivity index (χ1n) is 7.77. The van der Waals surface area contributed by atoms with Gasteiger partial charge in [0.2, 0.25) is 10.0 Å². The molecule has 3 rings (SSSR count). The smallest absolute Gasteiger partial charge is 0.287 e. The van der Waals surface area contributed by atoms with Crippen LogP contribution >= 0.6 is 11.6 Å². The molecule has 134 valence electrons. The Kier molecular flexibility index (Phi) is 5.41. The van der Waals surface area contributed by atoms with Gasteiger partial charge in [-0.1, -0.05) is 23.7 Å². The van der Waals surface area contributed by atoms with Crippen LogP contribution in [0.1, 0.15) is 23.3 Å². The maximum atomic E-state index is 12.4. The number of carbonyl (C=O) groups is 1. The van der Waals surface area contributed by atoms with E-state index in [0.29, 0.717) is 36.6 Å². The van der Waals surface area contributed by atoms with Crippen LogP contribution in [-0.2, 0) is 14.8 Å². The summed E-state index contributed by atoms with van der Waals surface area (Å²) in [5, 5.41) is 0.373. The number of halogens is 1. The van der Waals surface area contributed by atoms with E-state index in [1.54, 1.807) is 24.3 Å². The van der Waals surface area contributed by atoms with E-state index in [0.717, 1.165) is 6.39 Å². The molecule has 7 nitrogen and oxygen atoms in total. The van der Waals surface area contributed by atoms with Gasteiger partial charge in [-0.25, -0.2) is 18.1 Å². The molecular formula is C16H17ClN2O5S. The van der Waals surface area contributed by atoms with E-state index in [1.165, 1.54) is 0 Å². The van der Waals surface area contributed by atoms with E-state index < -0.39 is 15.9 Å². The molecule has 1 saturated heterocycles. The van der Waals surface area contributed by atoms with Crippen molar-refractivity contribution in [3.8, 4) is 11.3 Å². The number of ether oxygens (including phenoxy) is 1. The molecule has 0 unspecified atom stereocenters. The van der Waals surface area contributed by atoms with Gasteiger partial charge in [-0.05, 0) is 30.9 Å². The molecule has 2 aromatic rings. The van der Waals surface area contributed by atoms with Crippen molar-refractivity contribution in [3.05, 3.63) is 41.4 Å². The minimum Gasteiger partial charge on any atom is -0.443 e. The van der Waals surface area contributed by atoms with Gasteiger partial charge in [0.25, 0.3) is 5.91 Å². The number of aromatic nitrogens is 1. The zero-order chi connectivity index (χ0) is 17.9. The summed E-state index contributed by atoms with van der Waals surface area (Å²) in [5.41, 5.74) is 0.345. The number of oxazole rings is 1. The van der Waals surface area contributed by atoms with Crippen molar-refractivity contribution in [2.75, 3.05) is 19.0 Å². The molecule has 0 spiro atoms. The monoisotopic (exact) mass is 384 g/mol. The predicted molar refractivity (Wildman–Crippen MR) is 91.7 cm³/mol. The van der Waals surface area contributed by atoms with Gasteiger partial charge in [0.15, 0.2) is 17.8 Å².